The Hall–Kier alpha value is -0.880. The molecule has 1 aliphatic heterocycles. The van der Waals surface area contributed by atoms with Gasteiger partial charge >= 0.3 is 0 Å². The minimum absolute atomic E-state index is 0.0874. The summed E-state index contributed by atoms with van der Waals surface area (Å²) >= 11 is 0. The van der Waals surface area contributed by atoms with Crippen LogP contribution in [0.25, 0.3) is 0 Å². The van der Waals surface area contributed by atoms with Crippen molar-refractivity contribution in [3.8, 4) is 0 Å². The third-order valence-corrected chi connectivity index (χ3v) is 4.44. The number of nitrogens with two attached hydrogens (primary N) is 1. The van der Waals surface area contributed by atoms with Gasteiger partial charge in [-0.3, -0.25) is 0 Å². The van der Waals surface area contributed by atoms with Crippen molar-refractivity contribution in [2.24, 2.45) is 5.14 Å². The van der Waals surface area contributed by atoms with Crippen LogP contribution in [0.3, 0.4) is 0 Å². The number of hydrogen-bond acceptors (Lipinski definition) is 3. The van der Waals surface area contributed by atoms with Crippen LogP contribution in [-0.2, 0) is 16.4 Å². The molecule has 1 atom stereocenters. The molecular weight excluding hydrogens is 250 g/mol. The Morgan fingerprint density at radius 1 is 1.50 bits per heavy atom. The summed E-state index contributed by atoms with van der Waals surface area (Å²) in [6.07, 6.45) is 3.84. The van der Waals surface area contributed by atoms with E-state index in [-0.39, 0.29) is 10.9 Å². The molecule has 102 valence electrons. The van der Waals surface area contributed by atoms with Crippen LogP contribution in [0.2, 0.25) is 0 Å². The van der Waals surface area contributed by atoms with Crippen molar-refractivity contribution >= 4 is 10.0 Å². The van der Waals surface area contributed by atoms with Gasteiger partial charge in [-0.05, 0) is 25.7 Å². The molecule has 0 aliphatic carbocycles. The molecule has 1 unspecified atom stereocenters. The number of hydrogen-bond donors (Lipinski definition) is 1. The minimum atomic E-state index is -3.72. The Kier molecular flexibility index (Phi) is 3.51. The van der Waals surface area contributed by atoms with Crippen molar-refractivity contribution in [2.75, 3.05) is 0 Å². The molecule has 6 heteroatoms. The molecule has 0 radical (unpaired) electrons. The fourth-order valence-electron chi connectivity index (χ4n) is 2.75. The van der Waals surface area contributed by atoms with Crippen LogP contribution in [0.15, 0.2) is 5.03 Å². The second-order valence-corrected chi connectivity index (χ2v) is 6.72. The lowest BCUT2D eigenvalue weighted by Gasteiger charge is -2.27. The van der Waals surface area contributed by atoms with Crippen LogP contribution >= 0.6 is 0 Å². The molecule has 2 heterocycles. The standard InChI is InChI=1S/C12H21N3O2S/c1-4-9-6-5-7-10-12(18(13,16)17)14-11(8(2)3)15(9)10/h8-9H,4-7H2,1-3H3,(H2,13,16,17). The van der Waals surface area contributed by atoms with Gasteiger partial charge < -0.3 is 4.57 Å². The summed E-state index contributed by atoms with van der Waals surface area (Å²) in [5.41, 5.74) is 0.805. The summed E-state index contributed by atoms with van der Waals surface area (Å²) in [5, 5.41) is 5.36. The topological polar surface area (TPSA) is 78.0 Å². The molecule has 1 aromatic heterocycles. The van der Waals surface area contributed by atoms with Gasteiger partial charge in [0.15, 0.2) is 5.03 Å². The molecule has 1 aliphatic rings. The zero-order valence-electron chi connectivity index (χ0n) is 11.2. The van der Waals surface area contributed by atoms with Gasteiger partial charge in [0.05, 0.1) is 5.69 Å². The van der Waals surface area contributed by atoms with E-state index >= 15 is 0 Å². The molecule has 18 heavy (non-hydrogen) atoms. The maximum atomic E-state index is 11.6. The number of imidazole rings is 1. The molecule has 0 bridgehead atoms. The SMILES string of the molecule is CCC1CCCc2c(S(N)(=O)=O)nc(C(C)C)n21. The fraction of sp³-hybridized carbons (Fsp3) is 0.750. The van der Waals surface area contributed by atoms with Gasteiger partial charge in [-0.25, -0.2) is 18.5 Å². The van der Waals surface area contributed by atoms with E-state index in [9.17, 15) is 8.42 Å². The number of rotatable bonds is 3. The summed E-state index contributed by atoms with van der Waals surface area (Å²) < 4.78 is 25.4. The molecule has 0 saturated carbocycles. The molecule has 0 aromatic carbocycles. The van der Waals surface area contributed by atoms with Crippen LogP contribution in [0.1, 0.15) is 63.5 Å². The lowest BCUT2D eigenvalue weighted by Crippen LogP contribution is -2.22. The average Bonchev–Trinajstić information content (AvgIpc) is 2.67. The molecule has 0 amide bonds. The van der Waals surface area contributed by atoms with E-state index in [1.807, 2.05) is 13.8 Å². The summed E-state index contributed by atoms with van der Waals surface area (Å²) in [4.78, 5) is 4.31. The molecular formula is C12H21N3O2S. The first-order valence-corrected chi connectivity index (χ1v) is 8.04. The monoisotopic (exact) mass is 271 g/mol. The molecule has 5 nitrogen and oxygen atoms in total. The smallest absolute Gasteiger partial charge is 0.257 e. The lowest BCUT2D eigenvalue weighted by atomic mass is 10.00. The summed E-state index contributed by atoms with van der Waals surface area (Å²) in [7, 11) is -3.72. The summed E-state index contributed by atoms with van der Waals surface area (Å²) in [6.45, 7) is 6.19. The second kappa shape index (κ2) is 4.66. The highest BCUT2D eigenvalue weighted by molar-refractivity contribution is 7.89. The van der Waals surface area contributed by atoms with Gasteiger partial charge in [0.25, 0.3) is 10.0 Å². The third-order valence-electron chi connectivity index (χ3n) is 3.57. The lowest BCUT2D eigenvalue weighted by molar-refractivity contribution is 0.373. The van der Waals surface area contributed by atoms with Gasteiger partial charge in [0.1, 0.15) is 5.82 Å². The first kappa shape index (κ1) is 13.5. The average molecular weight is 271 g/mol. The second-order valence-electron chi connectivity index (χ2n) is 5.25. The number of aromatic nitrogens is 2. The van der Waals surface area contributed by atoms with Gasteiger partial charge in [-0.2, -0.15) is 0 Å². The van der Waals surface area contributed by atoms with E-state index in [0.717, 1.165) is 37.2 Å². The highest BCUT2D eigenvalue weighted by atomic mass is 32.2. The van der Waals surface area contributed by atoms with E-state index in [2.05, 4.69) is 16.5 Å². The van der Waals surface area contributed by atoms with E-state index in [1.165, 1.54) is 0 Å². The van der Waals surface area contributed by atoms with E-state index in [0.29, 0.717) is 6.04 Å². The molecule has 0 spiro atoms. The Bertz CT molecular complexity index is 546. The van der Waals surface area contributed by atoms with E-state index in [4.69, 9.17) is 5.14 Å². The predicted molar refractivity (Wildman–Crippen MR) is 70.0 cm³/mol. The van der Waals surface area contributed by atoms with Crippen LogP contribution in [0, 0.1) is 0 Å². The van der Waals surface area contributed by atoms with Crippen molar-refractivity contribution in [1.82, 2.24) is 9.55 Å². The molecule has 2 N–H and O–H groups in total. The normalized spacial score (nSPS) is 20.2. The zero-order valence-corrected chi connectivity index (χ0v) is 12.0. The van der Waals surface area contributed by atoms with Crippen LogP contribution in [0.4, 0.5) is 0 Å². The summed E-state index contributed by atoms with van der Waals surface area (Å²) in [5.74, 6) is 1.05. The largest absolute Gasteiger partial charge is 0.327 e. The number of nitrogens with zero attached hydrogens (tertiary/aromatic N) is 2. The van der Waals surface area contributed by atoms with Gasteiger partial charge in [0, 0.05) is 12.0 Å². The van der Waals surface area contributed by atoms with Gasteiger partial charge in [0.2, 0.25) is 0 Å². The van der Waals surface area contributed by atoms with E-state index < -0.39 is 10.0 Å². The minimum Gasteiger partial charge on any atom is -0.327 e. The van der Waals surface area contributed by atoms with Crippen LogP contribution in [-0.4, -0.2) is 18.0 Å². The summed E-state index contributed by atoms with van der Waals surface area (Å²) in [6, 6.07) is 0.356. The van der Waals surface area contributed by atoms with Crippen molar-refractivity contribution in [3.05, 3.63) is 11.5 Å². The quantitative estimate of drug-likeness (QED) is 0.912. The van der Waals surface area contributed by atoms with Gasteiger partial charge in [-0.1, -0.05) is 20.8 Å². The Balaban J connectivity index is 2.68. The Morgan fingerprint density at radius 3 is 2.67 bits per heavy atom. The van der Waals surface area contributed by atoms with Crippen LogP contribution in [0.5, 0.6) is 0 Å². The van der Waals surface area contributed by atoms with Gasteiger partial charge in [-0.15, -0.1) is 0 Å². The zero-order chi connectivity index (χ0) is 13.5. The van der Waals surface area contributed by atoms with Crippen molar-refractivity contribution in [3.63, 3.8) is 0 Å². The maximum absolute atomic E-state index is 11.6. The van der Waals surface area contributed by atoms with E-state index in [1.54, 1.807) is 0 Å². The molecule has 1 aromatic rings. The Labute approximate surface area is 108 Å². The molecule has 0 saturated heterocycles. The van der Waals surface area contributed by atoms with Crippen molar-refractivity contribution < 1.29 is 8.42 Å². The van der Waals surface area contributed by atoms with Crippen molar-refractivity contribution in [2.45, 2.75) is 63.4 Å². The first-order valence-electron chi connectivity index (χ1n) is 6.50. The van der Waals surface area contributed by atoms with Crippen molar-refractivity contribution in [1.29, 1.82) is 0 Å². The fourth-order valence-corrected chi connectivity index (χ4v) is 3.50. The number of sulfonamides is 1. The highest BCUT2D eigenvalue weighted by Crippen LogP contribution is 2.34. The molecule has 0 fully saturated rings. The third kappa shape index (κ3) is 2.19. The Morgan fingerprint density at radius 2 is 2.17 bits per heavy atom. The molecule has 2 rings (SSSR count). The highest BCUT2D eigenvalue weighted by Gasteiger charge is 2.30. The number of primary sulfonamides is 1. The first-order chi connectivity index (χ1) is 8.36. The predicted octanol–water partition coefficient (Wildman–Crippen LogP) is 1.94. The number of fused-ring (bicyclic) bond motifs is 1. The van der Waals surface area contributed by atoms with Crippen LogP contribution < -0.4 is 5.14 Å². The maximum Gasteiger partial charge on any atom is 0.257 e.